The number of benzene rings is 1. The molecule has 1 aliphatic rings. The van der Waals surface area contributed by atoms with Crippen molar-refractivity contribution < 1.29 is 13.2 Å². The Hall–Kier alpha value is -2.19. The minimum absolute atomic E-state index is 0.0893. The van der Waals surface area contributed by atoms with E-state index in [4.69, 9.17) is 5.14 Å². The van der Waals surface area contributed by atoms with Crippen LogP contribution < -0.4 is 5.14 Å². The number of nitrogens with two attached hydrogens (primary N) is 1. The number of H-pyrrole nitrogens is 1. The molecule has 8 heteroatoms. The van der Waals surface area contributed by atoms with Crippen LogP contribution in [-0.2, 0) is 10.0 Å². The number of amides is 1. The van der Waals surface area contributed by atoms with E-state index in [2.05, 4.69) is 10.2 Å². The second-order valence-electron chi connectivity index (χ2n) is 6.17. The van der Waals surface area contributed by atoms with Crippen molar-refractivity contribution in [3.8, 4) is 11.3 Å². The summed E-state index contributed by atoms with van der Waals surface area (Å²) in [5.41, 5.74) is 2.93. The van der Waals surface area contributed by atoms with E-state index in [1.54, 1.807) is 4.90 Å². The normalized spacial score (nSPS) is 18.1. The highest BCUT2D eigenvalue weighted by molar-refractivity contribution is 7.89. The molecule has 0 bridgehead atoms. The van der Waals surface area contributed by atoms with Gasteiger partial charge in [0.25, 0.3) is 5.91 Å². The molecule has 0 aliphatic carbocycles. The molecule has 1 fully saturated rings. The van der Waals surface area contributed by atoms with Crippen LogP contribution in [0.4, 0.5) is 0 Å². The number of nitrogens with one attached hydrogen (secondary N) is 1. The molecule has 1 aromatic carbocycles. The first-order chi connectivity index (χ1) is 11.3. The highest BCUT2D eigenvalue weighted by atomic mass is 32.2. The number of hydrogen-bond acceptors (Lipinski definition) is 4. The zero-order valence-electron chi connectivity index (χ0n) is 13.4. The van der Waals surface area contributed by atoms with Gasteiger partial charge in [-0.15, -0.1) is 0 Å². The number of primary sulfonamides is 1. The van der Waals surface area contributed by atoms with Gasteiger partial charge in [-0.1, -0.05) is 30.3 Å². The summed E-state index contributed by atoms with van der Waals surface area (Å²) in [5.74, 6) is -0.353. The molecule has 128 valence electrons. The van der Waals surface area contributed by atoms with Crippen molar-refractivity contribution in [1.29, 1.82) is 0 Å². The Morgan fingerprint density at radius 1 is 1.38 bits per heavy atom. The molecule has 1 aliphatic heterocycles. The number of sulfonamides is 1. The van der Waals surface area contributed by atoms with Crippen molar-refractivity contribution in [3.63, 3.8) is 0 Å². The van der Waals surface area contributed by atoms with Gasteiger partial charge in [-0.3, -0.25) is 9.89 Å². The summed E-state index contributed by atoms with van der Waals surface area (Å²) in [4.78, 5) is 14.4. The first kappa shape index (κ1) is 16.7. The van der Waals surface area contributed by atoms with E-state index < -0.39 is 10.0 Å². The maximum Gasteiger partial charge on any atom is 0.272 e. The molecule has 1 saturated heterocycles. The van der Waals surface area contributed by atoms with Crippen LogP contribution >= 0.6 is 0 Å². The minimum Gasteiger partial charge on any atom is -0.337 e. The van der Waals surface area contributed by atoms with E-state index in [0.717, 1.165) is 16.8 Å². The molecular weight excluding hydrogens is 328 g/mol. The summed E-state index contributed by atoms with van der Waals surface area (Å²) < 4.78 is 22.4. The maximum atomic E-state index is 12.7. The second kappa shape index (κ2) is 6.37. The van der Waals surface area contributed by atoms with Crippen molar-refractivity contribution >= 4 is 15.9 Å². The smallest absolute Gasteiger partial charge is 0.272 e. The molecule has 3 N–H and O–H groups in total. The largest absolute Gasteiger partial charge is 0.337 e. The molecule has 2 heterocycles. The molecule has 24 heavy (non-hydrogen) atoms. The number of likely N-dealkylation sites (tertiary alicyclic amines) is 1. The zero-order valence-corrected chi connectivity index (χ0v) is 14.2. The van der Waals surface area contributed by atoms with Crippen LogP contribution in [0, 0.1) is 12.8 Å². The van der Waals surface area contributed by atoms with Crippen molar-refractivity contribution in [1.82, 2.24) is 15.1 Å². The number of aromatic nitrogens is 2. The third-order valence-electron chi connectivity index (χ3n) is 4.31. The Morgan fingerprint density at radius 3 is 2.75 bits per heavy atom. The minimum atomic E-state index is -3.52. The lowest BCUT2D eigenvalue weighted by Gasteiger charge is -2.15. The van der Waals surface area contributed by atoms with E-state index in [-0.39, 0.29) is 17.6 Å². The van der Waals surface area contributed by atoms with Crippen LogP contribution in [0.15, 0.2) is 30.3 Å². The standard InChI is InChI=1S/C16H20N4O3S/c1-11-14(13-5-3-2-4-6-13)18-19-15(11)16(21)20-8-7-12(9-20)10-24(17,22)23/h2-6,12H,7-10H2,1H3,(H,18,19)(H2,17,22,23). The highest BCUT2D eigenvalue weighted by Gasteiger charge is 2.31. The van der Waals surface area contributed by atoms with Gasteiger partial charge in [-0.25, -0.2) is 13.6 Å². The number of rotatable bonds is 4. The molecule has 2 aromatic rings. The summed E-state index contributed by atoms with van der Waals surface area (Å²) in [6.45, 7) is 2.78. The van der Waals surface area contributed by atoms with Crippen molar-refractivity contribution in [2.24, 2.45) is 11.1 Å². The van der Waals surface area contributed by atoms with Crippen LogP contribution in [0.2, 0.25) is 0 Å². The van der Waals surface area contributed by atoms with Gasteiger partial charge >= 0.3 is 0 Å². The Labute approximate surface area is 140 Å². The molecule has 1 unspecified atom stereocenters. The van der Waals surface area contributed by atoms with Gasteiger partial charge in [0, 0.05) is 24.2 Å². The van der Waals surface area contributed by atoms with E-state index in [1.165, 1.54) is 0 Å². The number of nitrogens with zero attached hydrogens (tertiary/aromatic N) is 2. The second-order valence-corrected chi connectivity index (χ2v) is 7.83. The van der Waals surface area contributed by atoms with Gasteiger partial charge in [-0.2, -0.15) is 5.10 Å². The van der Waals surface area contributed by atoms with E-state index in [1.807, 2.05) is 37.3 Å². The molecule has 3 rings (SSSR count). The monoisotopic (exact) mass is 348 g/mol. The third kappa shape index (κ3) is 3.49. The Bertz CT molecular complexity index is 845. The fraction of sp³-hybridized carbons (Fsp3) is 0.375. The molecule has 1 amide bonds. The summed E-state index contributed by atoms with van der Waals surface area (Å²) in [6.07, 6.45) is 0.640. The van der Waals surface area contributed by atoms with Gasteiger partial charge in [0.15, 0.2) is 0 Å². The molecule has 1 aromatic heterocycles. The quantitative estimate of drug-likeness (QED) is 0.863. The third-order valence-corrected chi connectivity index (χ3v) is 5.25. The molecule has 0 saturated carbocycles. The van der Waals surface area contributed by atoms with E-state index in [9.17, 15) is 13.2 Å². The fourth-order valence-electron chi connectivity index (χ4n) is 3.12. The Balaban J connectivity index is 1.76. The number of carbonyl (C=O) groups is 1. The predicted octanol–water partition coefficient (Wildman–Crippen LogP) is 1.14. The summed E-state index contributed by atoms with van der Waals surface area (Å²) in [5, 5.41) is 12.2. The molecule has 1 atom stereocenters. The topological polar surface area (TPSA) is 109 Å². The molecule has 0 spiro atoms. The van der Waals surface area contributed by atoms with E-state index >= 15 is 0 Å². The number of carbonyl (C=O) groups excluding carboxylic acids is 1. The van der Waals surface area contributed by atoms with Gasteiger partial charge in [-0.05, 0) is 19.3 Å². The van der Waals surface area contributed by atoms with Crippen LogP contribution in [0.5, 0.6) is 0 Å². The zero-order chi connectivity index (χ0) is 17.3. The van der Waals surface area contributed by atoms with Crippen molar-refractivity contribution in [2.75, 3.05) is 18.8 Å². The lowest BCUT2D eigenvalue weighted by molar-refractivity contribution is 0.0781. The van der Waals surface area contributed by atoms with Crippen molar-refractivity contribution in [3.05, 3.63) is 41.6 Å². The summed E-state index contributed by atoms with van der Waals surface area (Å²) >= 11 is 0. The maximum absolute atomic E-state index is 12.7. The van der Waals surface area contributed by atoms with Gasteiger partial charge in [0.1, 0.15) is 5.69 Å². The fourth-order valence-corrected chi connectivity index (χ4v) is 4.05. The average Bonchev–Trinajstić information content (AvgIpc) is 3.13. The number of aromatic amines is 1. The molecular formula is C16H20N4O3S. The molecule has 0 radical (unpaired) electrons. The lowest BCUT2D eigenvalue weighted by Crippen LogP contribution is -2.31. The summed E-state index contributed by atoms with van der Waals surface area (Å²) in [6, 6.07) is 9.64. The van der Waals surface area contributed by atoms with Crippen molar-refractivity contribution in [2.45, 2.75) is 13.3 Å². The first-order valence-electron chi connectivity index (χ1n) is 7.75. The van der Waals surface area contributed by atoms with Crippen LogP contribution in [0.1, 0.15) is 22.5 Å². The van der Waals surface area contributed by atoms with Crippen LogP contribution in [0.3, 0.4) is 0 Å². The van der Waals surface area contributed by atoms with Crippen LogP contribution in [0.25, 0.3) is 11.3 Å². The average molecular weight is 348 g/mol. The Kier molecular flexibility index (Phi) is 4.42. The first-order valence-corrected chi connectivity index (χ1v) is 9.47. The van der Waals surface area contributed by atoms with Gasteiger partial charge in [0.2, 0.25) is 10.0 Å². The number of hydrogen-bond donors (Lipinski definition) is 2. The predicted molar refractivity (Wildman–Crippen MR) is 90.7 cm³/mol. The summed E-state index contributed by atoms with van der Waals surface area (Å²) in [7, 11) is -3.52. The Morgan fingerprint density at radius 2 is 2.08 bits per heavy atom. The SMILES string of the molecule is Cc1c(-c2ccccc2)n[nH]c1C(=O)N1CCC(CS(N)(=O)=O)C1. The van der Waals surface area contributed by atoms with Crippen LogP contribution in [-0.4, -0.2) is 48.3 Å². The van der Waals surface area contributed by atoms with Gasteiger partial charge in [0.05, 0.1) is 11.4 Å². The molecule has 7 nitrogen and oxygen atoms in total. The van der Waals surface area contributed by atoms with E-state index in [0.29, 0.717) is 25.2 Å². The lowest BCUT2D eigenvalue weighted by atomic mass is 10.1. The highest BCUT2D eigenvalue weighted by Crippen LogP contribution is 2.25. The van der Waals surface area contributed by atoms with Gasteiger partial charge < -0.3 is 4.90 Å².